The Bertz CT molecular complexity index is 355. The molecule has 1 aliphatic heterocycles. The van der Waals surface area contributed by atoms with Crippen molar-refractivity contribution in [2.75, 3.05) is 0 Å². The minimum atomic E-state index is 0.572. The molecule has 3 unspecified atom stereocenters. The van der Waals surface area contributed by atoms with Crippen molar-refractivity contribution < 1.29 is 5.32 Å². The summed E-state index contributed by atoms with van der Waals surface area (Å²) in [5.74, 6) is 0.638. The van der Waals surface area contributed by atoms with Crippen LogP contribution in [0, 0.1) is 5.92 Å². The third-order valence-electron chi connectivity index (χ3n) is 3.72. The van der Waals surface area contributed by atoms with Gasteiger partial charge >= 0.3 is 0 Å². The Labute approximate surface area is 98.6 Å². The summed E-state index contributed by atoms with van der Waals surface area (Å²) >= 11 is 0. The highest BCUT2D eigenvalue weighted by Crippen LogP contribution is 2.31. The minimum absolute atomic E-state index is 0.572. The van der Waals surface area contributed by atoms with Gasteiger partial charge in [-0.25, -0.2) is 0 Å². The normalized spacial score (nSPS) is 30.0. The molecule has 1 heteroatoms. The molecule has 2 N–H and O–H groups in total. The molecule has 2 rings (SSSR count). The lowest BCUT2D eigenvalue weighted by Gasteiger charge is -2.33. The van der Waals surface area contributed by atoms with E-state index in [1.807, 2.05) is 0 Å². The lowest BCUT2D eigenvalue weighted by Crippen LogP contribution is -2.92. The van der Waals surface area contributed by atoms with E-state index in [0.29, 0.717) is 12.0 Å². The highest BCUT2D eigenvalue weighted by atomic mass is 15.0. The zero-order valence-electron chi connectivity index (χ0n) is 10.3. The first-order valence-corrected chi connectivity index (χ1v) is 6.24. The van der Waals surface area contributed by atoms with E-state index in [-0.39, 0.29) is 0 Å². The number of quaternary nitrogens is 1. The Morgan fingerprint density at radius 1 is 1.25 bits per heavy atom. The van der Waals surface area contributed by atoms with Crippen molar-refractivity contribution in [3.05, 3.63) is 48.0 Å². The van der Waals surface area contributed by atoms with Crippen molar-refractivity contribution in [2.24, 2.45) is 5.92 Å². The first-order chi connectivity index (χ1) is 7.68. The van der Waals surface area contributed by atoms with Gasteiger partial charge in [-0.2, -0.15) is 0 Å². The van der Waals surface area contributed by atoms with Crippen LogP contribution in [0.2, 0.25) is 0 Å². The summed E-state index contributed by atoms with van der Waals surface area (Å²) in [5.41, 5.74) is 2.78. The maximum absolute atomic E-state index is 4.16. The van der Waals surface area contributed by atoms with E-state index in [1.54, 1.807) is 0 Å². The second-order valence-electron chi connectivity index (χ2n) is 5.14. The van der Waals surface area contributed by atoms with Crippen LogP contribution in [-0.4, -0.2) is 6.04 Å². The Morgan fingerprint density at radius 2 is 1.94 bits per heavy atom. The SMILES string of the molecule is C=C(C)C1CCC(C)[NH2+]C1c1ccccc1. The molecule has 1 saturated heterocycles. The second-order valence-corrected chi connectivity index (χ2v) is 5.14. The van der Waals surface area contributed by atoms with Gasteiger partial charge in [0.1, 0.15) is 6.04 Å². The number of rotatable bonds is 2. The molecule has 3 atom stereocenters. The Balaban J connectivity index is 2.24. The molecular formula is C15H22N+. The molecule has 0 amide bonds. The molecule has 1 heterocycles. The fourth-order valence-electron chi connectivity index (χ4n) is 2.78. The van der Waals surface area contributed by atoms with Crippen LogP contribution in [0.3, 0.4) is 0 Å². The maximum atomic E-state index is 4.16. The summed E-state index contributed by atoms with van der Waals surface area (Å²) in [7, 11) is 0. The molecule has 0 aliphatic carbocycles. The Hall–Kier alpha value is -1.08. The van der Waals surface area contributed by atoms with Gasteiger partial charge in [0.2, 0.25) is 0 Å². The number of hydrogen-bond acceptors (Lipinski definition) is 0. The second kappa shape index (κ2) is 4.84. The monoisotopic (exact) mass is 216 g/mol. The fourth-order valence-corrected chi connectivity index (χ4v) is 2.78. The molecule has 0 aromatic heterocycles. The van der Waals surface area contributed by atoms with Crippen LogP contribution in [0.25, 0.3) is 0 Å². The summed E-state index contributed by atoms with van der Waals surface area (Å²) in [6.45, 7) is 8.65. The quantitative estimate of drug-likeness (QED) is 0.732. The maximum Gasteiger partial charge on any atom is 0.118 e. The van der Waals surface area contributed by atoms with Gasteiger partial charge in [0.05, 0.1) is 6.04 Å². The molecule has 1 aliphatic rings. The van der Waals surface area contributed by atoms with E-state index in [4.69, 9.17) is 0 Å². The number of hydrogen-bond donors (Lipinski definition) is 1. The molecule has 0 radical (unpaired) electrons. The first-order valence-electron chi connectivity index (χ1n) is 6.24. The van der Waals surface area contributed by atoms with E-state index in [0.717, 1.165) is 6.04 Å². The van der Waals surface area contributed by atoms with Gasteiger partial charge in [0.25, 0.3) is 0 Å². The van der Waals surface area contributed by atoms with Crippen LogP contribution in [0.15, 0.2) is 42.5 Å². The Kier molecular flexibility index (Phi) is 3.45. The lowest BCUT2D eigenvalue weighted by molar-refractivity contribution is -0.739. The van der Waals surface area contributed by atoms with Gasteiger partial charge in [-0.15, -0.1) is 0 Å². The topological polar surface area (TPSA) is 16.6 Å². The average Bonchev–Trinajstić information content (AvgIpc) is 2.29. The molecule has 1 aromatic rings. The van der Waals surface area contributed by atoms with Crippen LogP contribution < -0.4 is 5.32 Å². The standard InChI is InChI=1S/C15H21N/c1-11(2)14-10-9-12(3)16-15(14)13-7-5-4-6-8-13/h4-8,12,14-16H,1,9-10H2,2-3H3/p+1. The van der Waals surface area contributed by atoms with E-state index >= 15 is 0 Å². The van der Waals surface area contributed by atoms with Crippen LogP contribution in [0.5, 0.6) is 0 Å². The van der Waals surface area contributed by atoms with Crippen LogP contribution in [0.4, 0.5) is 0 Å². The van der Waals surface area contributed by atoms with Crippen molar-refractivity contribution in [2.45, 2.75) is 38.8 Å². The summed E-state index contributed by atoms with van der Waals surface area (Å²) in [6.07, 6.45) is 2.59. The van der Waals surface area contributed by atoms with Crippen LogP contribution in [0.1, 0.15) is 38.3 Å². The molecular weight excluding hydrogens is 194 g/mol. The largest absolute Gasteiger partial charge is 0.337 e. The molecule has 1 aromatic carbocycles. The zero-order chi connectivity index (χ0) is 11.5. The predicted octanol–water partition coefficient (Wildman–Crippen LogP) is 2.67. The Morgan fingerprint density at radius 3 is 2.56 bits per heavy atom. The van der Waals surface area contributed by atoms with E-state index < -0.39 is 0 Å². The predicted molar refractivity (Wildman–Crippen MR) is 68.1 cm³/mol. The molecule has 0 spiro atoms. The van der Waals surface area contributed by atoms with Crippen molar-refractivity contribution >= 4 is 0 Å². The van der Waals surface area contributed by atoms with Crippen molar-refractivity contribution in [1.29, 1.82) is 0 Å². The van der Waals surface area contributed by atoms with Gasteiger partial charge in [0.15, 0.2) is 0 Å². The molecule has 1 nitrogen and oxygen atoms in total. The van der Waals surface area contributed by atoms with Crippen molar-refractivity contribution in [1.82, 2.24) is 0 Å². The zero-order valence-corrected chi connectivity index (χ0v) is 10.3. The summed E-state index contributed by atoms with van der Waals surface area (Å²) < 4.78 is 0. The third kappa shape index (κ3) is 2.35. The summed E-state index contributed by atoms with van der Waals surface area (Å²) in [4.78, 5) is 0. The fraction of sp³-hybridized carbons (Fsp3) is 0.467. The van der Waals surface area contributed by atoms with Gasteiger partial charge in [-0.05, 0) is 26.7 Å². The number of benzene rings is 1. The smallest absolute Gasteiger partial charge is 0.118 e. The van der Waals surface area contributed by atoms with Gasteiger partial charge in [-0.3, -0.25) is 0 Å². The average molecular weight is 216 g/mol. The third-order valence-corrected chi connectivity index (χ3v) is 3.72. The van der Waals surface area contributed by atoms with E-state index in [9.17, 15) is 0 Å². The van der Waals surface area contributed by atoms with Gasteiger partial charge in [0, 0.05) is 11.5 Å². The van der Waals surface area contributed by atoms with Crippen molar-refractivity contribution in [3.8, 4) is 0 Å². The first kappa shape index (κ1) is 11.4. The molecule has 0 saturated carbocycles. The minimum Gasteiger partial charge on any atom is -0.337 e. The van der Waals surface area contributed by atoms with Crippen LogP contribution in [-0.2, 0) is 0 Å². The molecule has 0 bridgehead atoms. The van der Waals surface area contributed by atoms with E-state index in [2.05, 4.69) is 56.1 Å². The van der Waals surface area contributed by atoms with Crippen molar-refractivity contribution in [3.63, 3.8) is 0 Å². The van der Waals surface area contributed by atoms with Crippen LogP contribution >= 0.6 is 0 Å². The molecule has 16 heavy (non-hydrogen) atoms. The summed E-state index contributed by atoms with van der Waals surface area (Å²) in [5, 5.41) is 2.51. The summed E-state index contributed by atoms with van der Waals surface area (Å²) in [6, 6.07) is 12.2. The number of nitrogens with two attached hydrogens (primary N) is 1. The van der Waals surface area contributed by atoms with Gasteiger partial charge in [-0.1, -0.05) is 42.5 Å². The lowest BCUT2D eigenvalue weighted by atomic mass is 9.80. The highest BCUT2D eigenvalue weighted by Gasteiger charge is 2.32. The molecule has 1 fully saturated rings. The van der Waals surface area contributed by atoms with E-state index in [1.165, 1.54) is 24.0 Å². The molecule has 86 valence electrons. The van der Waals surface area contributed by atoms with Gasteiger partial charge < -0.3 is 5.32 Å². The number of piperidine rings is 1. The highest BCUT2D eigenvalue weighted by molar-refractivity contribution is 5.20.